The summed E-state index contributed by atoms with van der Waals surface area (Å²) in [4.78, 5) is 5.74. The van der Waals surface area contributed by atoms with Crippen LogP contribution in [0.15, 0.2) is 48.7 Å². The van der Waals surface area contributed by atoms with Crippen LogP contribution in [0.1, 0.15) is 41.0 Å². The molecule has 0 bridgehead atoms. The summed E-state index contributed by atoms with van der Waals surface area (Å²) in [7, 11) is 2.16. The lowest BCUT2D eigenvalue weighted by atomic mass is 9.89. The Balaban J connectivity index is 1.56. The van der Waals surface area contributed by atoms with Gasteiger partial charge in [-0.2, -0.15) is 13.2 Å². The molecule has 0 aliphatic carbocycles. The Kier molecular flexibility index (Phi) is 5.02. The molecule has 1 aliphatic rings. The van der Waals surface area contributed by atoms with Crippen LogP contribution in [0.5, 0.6) is 0 Å². The second-order valence-electron chi connectivity index (χ2n) is 7.58. The lowest BCUT2D eigenvalue weighted by Gasteiger charge is -2.28. The monoisotopic (exact) mass is 384 g/mol. The predicted octanol–water partition coefficient (Wildman–Crippen LogP) is 6.17. The molecule has 0 saturated carbocycles. The Morgan fingerprint density at radius 3 is 2.29 bits per heavy atom. The average molecular weight is 384 g/mol. The summed E-state index contributed by atoms with van der Waals surface area (Å²) in [6.07, 6.45) is 3.96. The fourth-order valence-corrected chi connectivity index (χ4v) is 3.90. The van der Waals surface area contributed by atoms with E-state index in [0.717, 1.165) is 54.7 Å². The number of H-pyrrole nitrogens is 1. The highest BCUT2D eigenvalue weighted by molar-refractivity contribution is 5.87. The van der Waals surface area contributed by atoms with Gasteiger partial charge in [0.25, 0.3) is 0 Å². The highest BCUT2D eigenvalue weighted by atomic mass is 19.4. The topological polar surface area (TPSA) is 19.0 Å². The van der Waals surface area contributed by atoms with E-state index in [1.807, 2.05) is 18.2 Å². The molecule has 1 fully saturated rings. The lowest BCUT2D eigenvalue weighted by molar-refractivity contribution is -0.137. The van der Waals surface area contributed by atoms with Gasteiger partial charge >= 0.3 is 6.18 Å². The van der Waals surface area contributed by atoms with Gasteiger partial charge < -0.3 is 9.88 Å². The van der Waals surface area contributed by atoms with E-state index in [2.05, 4.69) is 35.3 Å². The molecule has 28 heavy (non-hydrogen) atoms. The van der Waals surface area contributed by atoms with Crippen molar-refractivity contribution in [2.75, 3.05) is 20.1 Å². The van der Waals surface area contributed by atoms with Crippen molar-refractivity contribution in [3.05, 3.63) is 70.9 Å². The number of hydrogen-bond donors (Lipinski definition) is 1. The molecular weight excluding hydrogens is 361 g/mol. The van der Waals surface area contributed by atoms with Crippen LogP contribution < -0.4 is 0 Å². The molecule has 1 saturated heterocycles. The maximum atomic E-state index is 12.7. The van der Waals surface area contributed by atoms with Gasteiger partial charge in [-0.05, 0) is 79.9 Å². The molecule has 0 amide bonds. The maximum Gasteiger partial charge on any atom is 0.416 e. The van der Waals surface area contributed by atoms with Gasteiger partial charge in [0.2, 0.25) is 0 Å². The first-order chi connectivity index (χ1) is 13.4. The molecule has 5 heteroatoms. The Bertz CT molecular complexity index is 975. The molecule has 3 aromatic rings. The molecule has 1 N–H and O–H groups in total. The highest BCUT2D eigenvalue weighted by Crippen LogP contribution is 2.33. The van der Waals surface area contributed by atoms with Gasteiger partial charge in [-0.15, -0.1) is 0 Å². The van der Waals surface area contributed by atoms with Crippen LogP contribution in [0.4, 0.5) is 13.2 Å². The number of halogens is 3. The molecule has 2 nitrogen and oxygen atoms in total. The first kappa shape index (κ1) is 18.8. The van der Waals surface area contributed by atoms with E-state index in [0.29, 0.717) is 5.92 Å². The van der Waals surface area contributed by atoms with Crippen molar-refractivity contribution in [1.29, 1.82) is 0 Å². The SMILES string of the molecule is CN1CCC(c2c[nH]c3ccc(/C=C/c4ccc(C(F)(F)F)cc4)cc23)CC1. The average Bonchev–Trinajstić information content (AvgIpc) is 3.10. The van der Waals surface area contributed by atoms with Gasteiger partial charge in [0.05, 0.1) is 5.56 Å². The number of rotatable bonds is 3. The zero-order valence-electron chi connectivity index (χ0n) is 15.8. The van der Waals surface area contributed by atoms with Crippen molar-refractivity contribution in [3.63, 3.8) is 0 Å². The Hall–Kier alpha value is -2.53. The molecule has 1 aliphatic heterocycles. The van der Waals surface area contributed by atoms with Gasteiger partial charge in [0, 0.05) is 17.1 Å². The van der Waals surface area contributed by atoms with E-state index < -0.39 is 11.7 Å². The number of benzene rings is 2. The summed E-state index contributed by atoms with van der Waals surface area (Å²) in [5.74, 6) is 0.569. The van der Waals surface area contributed by atoms with Crippen LogP contribution in [0, 0.1) is 0 Å². The molecule has 1 aromatic heterocycles. The number of likely N-dealkylation sites (tertiary alicyclic amines) is 1. The van der Waals surface area contributed by atoms with Crippen LogP contribution in [0.25, 0.3) is 23.1 Å². The fourth-order valence-electron chi connectivity index (χ4n) is 3.90. The first-order valence-electron chi connectivity index (χ1n) is 9.55. The molecule has 4 rings (SSSR count). The lowest BCUT2D eigenvalue weighted by Crippen LogP contribution is -2.29. The van der Waals surface area contributed by atoms with Gasteiger partial charge in [0.15, 0.2) is 0 Å². The molecule has 0 spiro atoms. The number of nitrogens with one attached hydrogen (secondary N) is 1. The summed E-state index contributed by atoms with van der Waals surface area (Å²) in [5.41, 5.74) is 3.66. The third kappa shape index (κ3) is 3.99. The third-order valence-corrected chi connectivity index (χ3v) is 5.60. The van der Waals surface area contributed by atoms with E-state index >= 15 is 0 Å². The van der Waals surface area contributed by atoms with E-state index in [1.54, 1.807) is 0 Å². The number of piperidine rings is 1. The Morgan fingerprint density at radius 1 is 0.964 bits per heavy atom. The zero-order valence-corrected chi connectivity index (χ0v) is 15.8. The second kappa shape index (κ2) is 7.47. The number of aromatic amines is 1. The summed E-state index contributed by atoms with van der Waals surface area (Å²) < 4.78 is 38.0. The predicted molar refractivity (Wildman–Crippen MR) is 108 cm³/mol. The number of nitrogens with zero attached hydrogens (tertiary/aromatic N) is 1. The van der Waals surface area contributed by atoms with Gasteiger partial charge in [0.1, 0.15) is 0 Å². The third-order valence-electron chi connectivity index (χ3n) is 5.60. The smallest absolute Gasteiger partial charge is 0.361 e. The van der Waals surface area contributed by atoms with Crippen LogP contribution in [0.2, 0.25) is 0 Å². The van der Waals surface area contributed by atoms with Crippen LogP contribution >= 0.6 is 0 Å². The molecule has 2 heterocycles. The van der Waals surface area contributed by atoms with Crippen molar-refractivity contribution in [2.24, 2.45) is 0 Å². The molecule has 146 valence electrons. The maximum absolute atomic E-state index is 12.7. The number of fused-ring (bicyclic) bond motifs is 1. The number of hydrogen-bond acceptors (Lipinski definition) is 1. The Morgan fingerprint density at radius 2 is 1.61 bits per heavy atom. The molecule has 0 unspecified atom stereocenters. The Labute approximate surface area is 162 Å². The molecule has 0 atom stereocenters. The second-order valence-corrected chi connectivity index (χ2v) is 7.58. The van der Waals surface area contributed by atoms with Crippen LogP contribution in [-0.2, 0) is 6.18 Å². The molecular formula is C23H23F3N2. The standard InChI is InChI=1S/C23H23F3N2/c1-28-12-10-18(11-13-28)21-15-27-22-9-6-17(14-20(21)22)3-2-16-4-7-19(8-5-16)23(24,25)26/h2-9,14-15,18,27H,10-13H2,1H3/b3-2+. The van der Waals surface area contributed by atoms with Gasteiger partial charge in [-0.1, -0.05) is 30.4 Å². The zero-order chi connectivity index (χ0) is 19.7. The van der Waals surface area contributed by atoms with Crippen molar-refractivity contribution in [2.45, 2.75) is 24.9 Å². The summed E-state index contributed by atoms with van der Waals surface area (Å²) in [5, 5.41) is 1.24. The minimum Gasteiger partial charge on any atom is -0.361 e. The van der Waals surface area contributed by atoms with Crippen molar-refractivity contribution >= 4 is 23.1 Å². The van der Waals surface area contributed by atoms with Crippen LogP contribution in [-0.4, -0.2) is 30.0 Å². The molecule has 2 aromatic carbocycles. The van der Waals surface area contributed by atoms with Gasteiger partial charge in [-0.25, -0.2) is 0 Å². The molecule has 0 radical (unpaired) electrons. The fraction of sp³-hybridized carbons (Fsp3) is 0.304. The number of alkyl halides is 3. The summed E-state index contributed by atoms with van der Waals surface area (Å²) >= 11 is 0. The highest BCUT2D eigenvalue weighted by Gasteiger charge is 2.29. The normalized spacial score (nSPS) is 17.0. The van der Waals surface area contributed by atoms with Crippen molar-refractivity contribution in [3.8, 4) is 0 Å². The van der Waals surface area contributed by atoms with Crippen molar-refractivity contribution in [1.82, 2.24) is 9.88 Å². The number of aromatic nitrogens is 1. The quantitative estimate of drug-likeness (QED) is 0.535. The van der Waals surface area contributed by atoms with E-state index in [9.17, 15) is 13.2 Å². The summed E-state index contributed by atoms with van der Waals surface area (Å²) in [6.45, 7) is 2.23. The largest absolute Gasteiger partial charge is 0.416 e. The summed E-state index contributed by atoms with van der Waals surface area (Å²) in [6, 6.07) is 11.5. The van der Waals surface area contributed by atoms with Crippen LogP contribution in [0.3, 0.4) is 0 Å². The van der Waals surface area contributed by atoms with E-state index in [1.165, 1.54) is 23.1 Å². The van der Waals surface area contributed by atoms with E-state index in [-0.39, 0.29) is 0 Å². The van der Waals surface area contributed by atoms with Gasteiger partial charge in [-0.3, -0.25) is 0 Å². The van der Waals surface area contributed by atoms with Crippen molar-refractivity contribution < 1.29 is 13.2 Å². The minimum absolute atomic E-state index is 0.569. The van der Waals surface area contributed by atoms with E-state index in [4.69, 9.17) is 0 Å². The first-order valence-corrected chi connectivity index (χ1v) is 9.55. The minimum atomic E-state index is -4.30.